The summed E-state index contributed by atoms with van der Waals surface area (Å²) in [7, 11) is 0. The number of hydrogen-bond acceptors (Lipinski definition) is 8. The summed E-state index contributed by atoms with van der Waals surface area (Å²) < 4.78 is 11.1. The van der Waals surface area contributed by atoms with E-state index in [0.717, 1.165) is 28.1 Å². The molecular weight excluding hydrogens is 448 g/mol. The third-order valence-corrected chi connectivity index (χ3v) is 6.44. The Morgan fingerprint density at radius 1 is 1.09 bits per heavy atom. The molecule has 0 saturated carbocycles. The minimum atomic E-state index is -0.916. The highest BCUT2D eigenvalue weighted by molar-refractivity contribution is 6.00. The van der Waals surface area contributed by atoms with Crippen LogP contribution in [0.5, 0.6) is 5.75 Å². The van der Waals surface area contributed by atoms with Gasteiger partial charge >= 0.3 is 6.09 Å². The van der Waals surface area contributed by atoms with Crippen LogP contribution in [-0.2, 0) is 16.0 Å². The second kappa shape index (κ2) is 7.59. The molecule has 1 aromatic heterocycles. The predicted molar refractivity (Wildman–Crippen MR) is 129 cm³/mol. The van der Waals surface area contributed by atoms with Gasteiger partial charge in [-0.2, -0.15) is 4.98 Å². The molecule has 10 nitrogen and oxygen atoms in total. The Morgan fingerprint density at radius 2 is 1.89 bits per heavy atom. The molecule has 1 saturated heterocycles. The van der Waals surface area contributed by atoms with E-state index >= 15 is 0 Å². The van der Waals surface area contributed by atoms with Gasteiger partial charge in [-0.3, -0.25) is 4.79 Å². The van der Waals surface area contributed by atoms with Crippen molar-refractivity contribution in [1.29, 1.82) is 0 Å². The highest BCUT2D eigenvalue weighted by Crippen LogP contribution is 2.39. The van der Waals surface area contributed by atoms with Gasteiger partial charge in [-0.1, -0.05) is 6.07 Å². The standard InChI is InChI=1S/C25H24N6O4/c1-12-11-26-23(28-14-5-4-13-8-19-20(16(13)9-14)30-24(33)34-19)31-21(12)27-15-6-7-18-17(10-15)29-22(32)25(2,3)35-18/h4-7,9-11,19-20H,8H2,1-3H3,(H,29,32)(H,30,33)(H2,26,27,28,31)/t19?,20-/m0/s1. The quantitative estimate of drug-likeness (QED) is 0.447. The summed E-state index contributed by atoms with van der Waals surface area (Å²) in [5.41, 5.74) is 4.31. The molecule has 1 unspecified atom stereocenters. The number of nitrogens with zero attached hydrogens (tertiary/aromatic N) is 2. The predicted octanol–water partition coefficient (Wildman–Crippen LogP) is 4.09. The molecule has 178 valence electrons. The Kier molecular flexibility index (Phi) is 4.60. The summed E-state index contributed by atoms with van der Waals surface area (Å²) in [6, 6.07) is 11.4. The zero-order valence-electron chi connectivity index (χ0n) is 19.4. The number of carbonyl (C=O) groups excluding carboxylic acids is 2. The van der Waals surface area contributed by atoms with Gasteiger partial charge in [0.25, 0.3) is 5.91 Å². The number of amides is 2. The van der Waals surface area contributed by atoms with Crippen LogP contribution >= 0.6 is 0 Å². The zero-order valence-corrected chi connectivity index (χ0v) is 19.4. The molecule has 1 aliphatic carbocycles. The van der Waals surface area contributed by atoms with Gasteiger partial charge in [0.1, 0.15) is 17.7 Å². The van der Waals surface area contributed by atoms with E-state index in [1.165, 1.54) is 0 Å². The van der Waals surface area contributed by atoms with Crippen LogP contribution in [0, 0.1) is 6.92 Å². The third kappa shape index (κ3) is 3.76. The molecule has 2 aliphatic heterocycles. The van der Waals surface area contributed by atoms with Crippen molar-refractivity contribution < 1.29 is 19.1 Å². The van der Waals surface area contributed by atoms with Crippen LogP contribution in [0.25, 0.3) is 0 Å². The number of hydrogen-bond donors (Lipinski definition) is 4. The van der Waals surface area contributed by atoms with Crippen LogP contribution in [0.2, 0.25) is 0 Å². The highest BCUT2D eigenvalue weighted by atomic mass is 16.6. The molecule has 10 heteroatoms. The van der Waals surface area contributed by atoms with E-state index < -0.39 is 5.60 Å². The lowest BCUT2D eigenvalue weighted by Gasteiger charge is -2.31. The normalized spacial score (nSPS) is 21.0. The molecule has 0 bridgehead atoms. The lowest BCUT2D eigenvalue weighted by Crippen LogP contribution is -2.45. The summed E-state index contributed by atoms with van der Waals surface area (Å²) in [5.74, 6) is 1.47. The number of carbonyl (C=O) groups is 2. The molecule has 2 atom stereocenters. The fourth-order valence-corrected chi connectivity index (χ4v) is 4.54. The van der Waals surface area contributed by atoms with Gasteiger partial charge in [-0.15, -0.1) is 0 Å². The number of aromatic nitrogens is 2. The third-order valence-electron chi connectivity index (χ3n) is 6.44. The molecule has 3 aliphatic rings. The Balaban J connectivity index is 1.22. The molecule has 4 N–H and O–H groups in total. The van der Waals surface area contributed by atoms with Crippen molar-refractivity contribution in [2.24, 2.45) is 0 Å². The molecule has 1 fully saturated rings. The smallest absolute Gasteiger partial charge is 0.408 e. The Bertz CT molecular complexity index is 1390. The molecular formula is C25H24N6O4. The van der Waals surface area contributed by atoms with Crippen LogP contribution in [0.15, 0.2) is 42.6 Å². The van der Waals surface area contributed by atoms with Crippen LogP contribution < -0.4 is 26.0 Å². The number of rotatable bonds is 4. The van der Waals surface area contributed by atoms with Gasteiger partial charge in [-0.05, 0) is 62.2 Å². The van der Waals surface area contributed by atoms with Gasteiger partial charge in [0.2, 0.25) is 5.95 Å². The summed E-state index contributed by atoms with van der Waals surface area (Å²) in [4.78, 5) is 32.9. The van der Waals surface area contributed by atoms with Gasteiger partial charge in [0.05, 0.1) is 11.7 Å². The first-order chi connectivity index (χ1) is 16.7. The van der Waals surface area contributed by atoms with Crippen molar-refractivity contribution in [3.63, 3.8) is 0 Å². The van der Waals surface area contributed by atoms with Crippen molar-refractivity contribution in [2.45, 2.75) is 44.9 Å². The molecule has 6 rings (SSSR count). The average molecular weight is 473 g/mol. The molecule has 0 spiro atoms. The van der Waals surface area contributed by atoms with Crippen molar-refractivity contribution in [1.82, 2.24) is 15.3 Å². The minimum absolute atomic E-state index is 0.130. The second-order valence-corrected chi connectivity index (χ2v) is 9.44. The lowest BCUT2D eigenvalue weighted by molar-refractivity contribution is -0.129. The summed E-state index contributed by atoms with van der Waals surface area (Å²) in [6.45, 7) is 5.37. The Labute approximate surface area is 201 Å². The maximum absolute atomic E-state index is 12.3. The number of aryl methyl sites for hydroxylation is 1. The zero-order chi connectivity index (χ0) is 24.3. The first-order valence-corrected chi connectivity index (χ1v) is 11.4. The maximum atomic E-state index is 12.3. The van der Waals surface area contributed by atoms with Crippen molar-refractivity contribution >= 4 is 40.8 Å². The SMILES string of the molecule is Cc1cnc(Nc2ccc3c(c2)[C@@H]2NC(=O)OC2C3)nc1Nc1ccc2c(c1)NC(=O)C(C)(C)O2. The van der Waals surface area contributed by atoms with Crippen LogP contribution in [0.4, 0.5) is 33.6 Å². The van der Waals surface area contributed by atoms with E-state index in [4.69, 9.17) is 9.47 Å². The largest absolute Gasteiger partial charge is 0.476 e. The van der Waals surface area contributed by atoms with Gasteiger partial charge in [0, 0.05) is 29.6 Å². The van der Waals surface area contributed by atoms with Crippen LogP contribution in [-0.4, -0.2) is 33.7 Å². The Hall–Kier alpha value is -4.34. The lowest BCUT2D eigenvalue weighted by atomic mass is 10.1. The molecule has 2 aromatic carbocycles. The number of nitrogens with one attached hydrogen (secondary N) is 4. The van der Waals surface area contributed by atoms with Gasteiger partial charge in [-0.25, -0.2) is 9.78 Å². The summed E-state index contributed by atoms with van der Waals surface area (Å²) >= 11 is 0. The van der Waals surface area contributed by atoms with Crippen LogP contribution in [0.1, 0.15) is 36.6 Å². The fourth-order valence-electron chi connectivity index (χ4n) is 4.54. The van der Waals surface area contributed by atoms with E-state index in [0.29, 0.717) is 29.6 Å². The monoisotopic (exact) mass is 472 g/mol. The van der Waals surface area contributed by atoms with Crippen LogP contribution in [0.3, 0.4) is 0 Å². The average Bonchev–Trinajstić information content (AvgIpc) is 3.33. The van der Waals surface area contributed by atoms with E-state index in [9.17, 15) is 9.59 Å². The summed E-state index contributed by atoms with van der Waals surface area (Å²) in [5, 5.41) is 12.3. The number of alkyl carbamates (subject to hydrolysis) is 1. The fraction of sp³-hybridized carbons (Fsp3) is 0.280. The van der Waals surface area contributed by atoms with Crippen molar-refractivity contribution in [2.75, 3.05) is 16.0 Å². The highest BCUT2D eigenvalue weighted by Gasteiger charge is 2.41. The van der Waals surface area contributed by atoms with Gasteiger partial charge < -0.3 is 30.7 Å². The van der Waals surface area contributed by atoms with Crippen molar-refractivity contribution in [3.8, 4) is 5.75 Å². The first-order valence-electron chi connectivity index (χ1n) is 11.4. The second-order valence-electron chi connectivity index (χ2n) is 9.44. The number of benzene rings is 2. The van der Waals surface area contributed by atoms with Crippen molar-refractivity contribution in [3.05, 3.63) is 59.3 Å². The van der Waals surface area contributed by atoms with Gasteiger partial charge in [0.15, 0.2) is 5.60 Å². The van der Waals surface area contributed by atoms with E-state index in [2.05, 4.69) is 31.2 Å². The molecule has 0 radical (unpaired) electrons. The summed E-state index contributed by atoms with van der Waals surface area (Å²) in [6.07, 6.45) is 1.91. The molecule has 3 aromatic rings. The van der Waals surface area contributed by atoms with E-state index in [1.807, 2.05) is 43.3 Å². The molecule has 3 heterocycles. The number of anilines is 5. The van der Waals surface area contributed by atoms with E-state index in [-0.39, 0.29) is 24.1 Å². The first kappa shape index (κ1) is 21.2. The van der Waals surface area contributed by atoms with E-state index in [1.54, 1.807) is 20.0 Å². The number of fused-ring (bicyclic) bond motifs is 4. The molecule has 2 amide bonds. The topological polar surface area (TPSA) is 127 Å². The minimum Gasteiger partial charge on any atom is -0.476 e. The molecule has 35 heavy (non-hydrogen) atoms. The Morgan fingerprint density at radius 3 is 2.74 bits per heavy atom. The number of ether oxygens (including phenoxy) is 2. The maximum Gasteiger partial charge on any atom is 0.408 e.